The molecular weight excluding hydrogens is 300 g/mol. The molecule has 1 fully saturated rings. The SMILES string of the molecule is C=C/C=C\C=C(/C)C(C)(O)C1CCC(NC(=O)CCCCN)CC1. The average molecular weight is 335 g/mol. The van der Waals surface area contributed by atoms with Crippen molar-refractivity contribution in [1.29, 1.82) is 0 Å². The van der Waals surface area contributed by atoms with E-state index in [0.29, 0.717) is 13.0 Å². The first-order valence-corrected chi connectivity index (χ1v) is 9.10. The third kappa shape index (κ3) is 6.62. The highest BCUT2D eigenvalue weighted by molar-refractivity contribution is 5.76. The molecule has 0 aliphatic heterocycles. The molecule has 4 heteroatoms. The zero-order valence-corrected chi connectivity index (χ0v) is 15.3. The summed E-state index contributed by atoms with van der Waals surface area (Å²) < 4.78 is 0. The molecule has 0 spiro atoms. The number of hydrogen-bond donors (Lipinski definition) is 3. The normalized spacial score (nSPS) is 24.6. The van der Waals surface area contributed by atoms with Crippen LogP contribution in [0.4, 0.5) is 0 Å². The van der Waals surface area contributed by atoms with Gasteiger partial charge >= 0.3 is 0 Å². The van der Waals surface area contributed by atoms with Crippen LogP contribution in [-0.2, 0) is 4.79 Å². The molecule has 0 saturated heterocycles. The molecule has 0 aromatic rings. The molecule has 4 nitrogen and oxygen atoms in total. The van der Waals surface area contributed by atoms with Gasteiger partial charge in [0.1, 0.15) is 0 Å². The van der Waals surface area contributed by atoms with E-state index in [1.54, 1.807) is 6.08 Å². The minimum atomic E-state index is -0.804. The highest BCUT2D eigenvalue weighted by Gasteiger charge is 2.36. The van der Waals surface area contributed by atoms with Gasteiger partial charge in [-0.3, -0.25) is 4.79 Å². The summed E-state index contributed by atoms with van der Waals surface area (Å²) >= 11 is 0. The Hall–Kier alpha value is -1.39. The van der Waals surface area contributed by atoms with Crippen LogP contribution in [0.5, 0.6) is 0 Å². The maximum absolute atomic E-state index is 11.9. The van der Waals surface area contributed by atoms with Crippen molar-refractivity contribution in [2.45, 2.75) is 70.4 Å². The largest absolute Gasteiger partial charge is 0.386 e. The first-order chi connectivity index (χ1) is 11.4. The number of nitrogens with two attached hydrogens (primary N) is 1. The van der Waals surface area contributed by atoms with Crippen LogP contribution in [0.3, 0.4) is 0 Å². The van der Waals surface area contributed by atoms with Gasteiger partial charge in [0, 0.05) is 12.5 Å². The second-order valence-corrected chi connectivity index (χ2v) is 6.98. The molecule has 0 bridgehead atoms. The molecule has 1 aliphatic rings. The van der Waals surface area contributed by atoms with Crippen LogP contribution in [0.15, 0.2) is 36.5 Å². The molecule has 24 heavy (non-hydrogen) atoms. The number of aliphatic hydroxyl groups is 1. The molecular formula is C20H34N2O2. The molecule has 0 aromatic heterocycles. The van der Waals surface area contributed by atoms with Gasteiger partial charge in [-0.1, -0.05) is 30.9 Å². The Morgan fingerprint density at radius 3 is 2.54 bits per heavy atom. The molecule has 1 amide bonds. The second kappa shape index (κ2) is 10.5. The number of hydrogen-bond acceptors (Lipinski definition) is 3. The van der Waals surface area contributed by atoms with Crippen LogP contribution >= 0.6 is 0 Å². The molecule has 136 valence electrons. The van der Waals surface area contributed by atoms with Crippen LogP contribution in [0.2, 0.25) is 0 Å². The molecule has 0 radical (unpaired) electrons. The Bertz CT molecular complexity index is 458. The third-order valence-electron chi connectivity index (χ3n) is 5.14. The van der Waals surface area contributed by atoms with E-state index in [1.807, 2.05) is 32.1 Å². The van der Waals surface area contributed by atoms with Crippen LogP contribution in [0, 0.1) is 5.92 Å². The minimum absolute atomic E-state index is 0.129. The number of nitrogens with one attached hydrogen (secondary N) is 1. The van der Waals surface area contributed by atoms with Crippen molar-refractivity contribution in [1.82, 2.24) is 5.32 Å². The van der Waals surface area contributed by atoms with E-state index in [4.69, 9.17) is 5.73 Å². The lowest BCUT2D eigenvalue weighted by molar-refractivity contribution is -0.122. The third-order valence-corrected chi connectivity index (χ3v) is 5.14. The smallest absolute Gasteiger partial charge is 0.220 e. The fourth-order valence-corrected chi connectivity index (χ4v) is 3.30. The molecule has 0 heterocycles. The van der Waals surface area contributed by atoms with Gasteiger partial charge in [0.25, 0.3) is 0 Å². The van der Waals surface area contributed by atoms with E-state index in [0.717, 1.165) is 44.1 Å². The lowest BCUT2D eigenvalue weighted by atomic mass is 9.73. The van der Waals surface area contributed by atoms with Crippen molar-refractivity contribution in [3.05, 3.63) is 36.5 Å². The van der Waals surface area contributed by atoms with Gasteiger partial charge in [-0.15, -0.1) is 0 Å². The average Bonchev–Trinajstić information content (AvgIpc) is 2.55. The summed E-state index contributed by atoms with van der Waals surface area (Å²) in [5.74, 6) is 0.362. The van der Waals surface area contributed by atoms with Crippen molar-refractivity contribution >= 4 is 5.91 Å². The monoisotopic (exact) mass is 334 g/mol. The van der Waals surface area contributed by atoms with Crippen molar-refractivity contribution in [3.63, 3.8) is 0 Å². The maximum atomic E-state index is 11.9. The Balaban J connectivity index is 2.46. The van der Waals surface area contributed by atoms with Crippen LogP contribution < -0.4 is 11.1 Å². The van der Waals surface area contributed by atoms with Gasteiger partial charge in [0.2, 0.25) is 5.91 Å². The topological polar surface area (TPSA) is 75.3 Å². The number of carbonyl (C=O) groups excluding carboxylic acids is 1. The van der Waals surface area contributed by atoms with Gasteiger partial charge in [-0.2, -0.15) is 0 Å². The van der Waals surface area contributed by atoms with Crippen molar-refractivity contribution in [2.75, 3.05) is 6.54 Å². The van der Waals surface area contributed by atoms with E-state index in [2.05, 4.69) is 11.9 Å². The summed E-state index contributed by atoms with van der Waals surface area (Å²) in [5, 5.41) is 14.0. The summed E-state index contributed by atoms with van der Waals surface area (Å²) in [4.78, 5) is 11.9. The highest BCUT2D eigenvalue weighted by Crippen LogP contribution is 2.36. The zero-order valence-electron chi connectivity index (χ0n) is 15.3. The Kier molecular flexibility index (Phi) is 9.01. The summed E-state index contributed by atoms with van der Waals surface area (Å²) in [5.41, 5.74) is 5.61. The summed E-state index contributed by atoms with van der Waals surface area (Å²) in [7, 11) is 0. The van der Waals surface area contributed by atoms with E-state index in [9.17, 15) is 9.90 Å². The fourth-order valence-electron chi connectivity index (χ4n) is 3.30. The van der Waals surface area contributed by atoms with Crippen LogP contribution in [-0.4, -0.2) is 29.2 Å². The Morgan fingerprint density at radius 1 is 1.29 bits per heavy atom. The molecule has 4 N–H and O–H groups in total. The van der Waals surface area contributed by atoms with Gasteiger partial charge < -0.3 is 16.2 Å². The summed E-state index contributed by atoms with van der Waals surface area (Å²) in [6.07, 6.45) is 13.5. The molecule has 1 rings (SSSR count). The molecule has 1 unspecified atom stereocenters. The summed E-state index contributed by atoms with van der Waals surface area (Å²) in [6, 6.07) is 0.243. The van der Waals surface area contributed by atoms with Gasteiger partial charge in [-0.05, 0) is 70.4 Å². The number of rotatable bonds is 9. The highest BCUT2D eigenvalue weighted by atomic mass is 16.3. The number of amides is 1. The Morgan fingerprint density at radius 2 is 1.96 bits per heavy atom. The van der Waals surface area contributed by atoms with Gasteiger partial charge in [0.15, 0.2) is 0 Å². The Labute approximate surface area is 146 Å². The zero-order chi connectivity index (χ0) is 18.0. The van der Waals surface area contributed by atoms with Crippen molar-refractivity contribution in [3.8, 4) is 0 Å². The lowest BCUT2D eigenvalue weighted by Gasteiger charge is -2.39. The van der Waals surface area contributed by atoms with Gasteiger partial charge in [-0.25, -0.2) is 0 Å². The van der Waals surface area contributed by atoms with E-state index in [-0.39, 0.29) is 17.9 Å². The van der Waals surface area contributed by atoms with Crippen molar-refractivity contribution < 1.29 is 9.90 Å². The second-order valence-electron chi connectivity index (χ2n) is 6.98. The first kappa shape index (κ1) is 20.7. The number of carbonyl (C=O) groups is 1. The molecule has 1 atom stereocenters. The molecule has 1 saturated carbocycles. The lowest BCUT2D eigenvalue weighted by Crippen LogP contribution is -2.43. The van der Waals surface area contributed by atoms with E-state index >= 15 is 0 Å². The first-order valence-electron chi connectivity index (χ1n) is 9.10. The van der Waals surface area contributed by atoms with E-state index in [1.165, 1.54) is 0 Å². The standard InChI is InChI=1S/C20H34N2O2/c1-4-5-6-9-16(2)20(3,24)17-11-13-18(14-12-17)22-19(23)10-7-8-15-21/h4-6,9,17-18,24H,1,7-8,10-15,21H2,2-3H3,(H,22,23)/b6-5-,16-9+. The minimum Gasteiger partial charge on any atom is -0.386 e. The number of allylic oxidation sites excluding steroid dienone is 4. The quantitative estimate of drug-likeness (QED) is 0.447. The number of unbranched alkanes of at least 4 members (excludes halogenated alkanes) is 1. The molecule has 1 aliphatic carbocycles. The van der Waals surface area contributed by atoms with Gasteiger partial charge in [0.05, 0.1) is 5.60 Å². The van der Waals surface area contributed by atoms with Crippen LogP contribution in [0.25, 0.3) is 0 Å². The maximum Gasteiger partial charge on any atom is 0.220 e. The predicted octanol–water partition coefficient (Wildman–Crippen LogP) is 3.23. The van der Waals surface area contributed by atoms with Crippen LogP contribution in [0.1, 0.15) is 58.8 Å². The molecule has 0 aromatic carbocycles. The summed E-state index contributed by atoms with van der Waals surface area (Å²) in [6.45, 7) is 8.16. The fraction of sp³-hybridized carbons (Fsp3) is 0.650. The predicted molar refractivity (Wildman–Crippen MR) is 101 cm³/mol. The van der Waals surface area contributed by atoms with Crippen molar-refractivity contribution in [2.24, 2.45) is 11.7 Å². The van der Waals surface area contributed by atoms with E-state index < -0.39 is 5.60 Å².